The van der Waals surface area contributed by atoms with Gasteiger partial charge in [-0.25, -0.2) is 14.5 Å². The molecule has 1 saturated heterocycles. The largest absolute Gasteiger partial charge is 0.481 e. The number of ether oxygens (including phenoxy) is 1. The summed E-state index contributed by atoms with van der Waals surface area (Å²) < 4.78 is 7.15. The number of nitrogens with zero attached hydrogens (tertiary/aromatic N) is 6. The van der Waals surface area contributed by atoms with Gasteiger partial charge in [-0.2, -0.15) is 5.10 Å². The third kappa shape index (κ3) is 3.22. The molecule has 1 aliphatic heterocycles. The van der Waals surface area contributed by atoms with Gasteiger partial charge in [0.15, 0.2) is 5.82 Å². The Balaban J connectivity index is 1.49. The van der Waals surface area contributed by atoms with Gasteiger partial charge in [0.1, 0.15) is 5.52 Å². The van der Waals surface area contributed by atoms with Crippen LogP contribution in [0.3, 0.4) is 0 Å². The van der Waals surface area contributed by atoms with Crippen LogP contribution >= 0.6 is 0 Å². The molecule has 0 radical (unpaired) electrons. The SMILES string of the molecule is COc1cccc(CN2CCN(c3nccn4nc(C)cc34)CC2C)n1. The minimum absolute atomic E-state index is 0.405. The standard InChI is InChI=1S/C19H24N6O/c1-14-11-17-19(20-7-8-25(17)22-14)24-10-9-23(15(2)12-24)13-16-5-4-6-18(21-16)26-3/h4-8,11,15H,9-10,12-13H2,1-3H3. The van der Waals surface area contributed by atoms with Crippen LogP contribution in [0.4, 0.5) is 5.82 Å². The maximum absolute atomic E-state index is 5.23. The maximum atomic E-state index is 5.23. The summed E-state index contributed by atoms with van der Waals surface area (Å²) in [6.45, 7) is 7.93. The first-order valence-corrected chi connectivity index (χ1v) is 8.94. The first-order valence-electron chi connectivity index (χ1n) is 8.94. The number of aromatic nitrogens is 4. The van der Waals surface area contributed by atoms with E-state index in [1.807, 2.05) is 36.0 Å². The summed E-state index contributed by atoms with van der Waals surface area (Å²) in [4.78, 5) is 14.0. The Bertz CT molecular complexity index is 908. The number of piperazine rings is 1. The molecular formula is C19H24N6O. The number of fused-ring (bicyclic) bond motifs is 1. The second-order valence-corrected chi connectivity index (χ2v) is 6.80. The summed E-state index contributed by atoms with van der Waals surface area (Å²) in [6, 6.07) is 8.43. The first kappa shape index (κ1) is 16.8. The van der Waals surface area contributed by atoms with Crippen molar-refractivity contribution in [3.8, 4) is 5.88 Å². The lowest BCUT2D eigenvalue weighted by atomic mass is 10.1. The Kier molecular flexibility index (Phi) is 4.46. The Labute approximate surface area is 153 Å². The van der Waals surface area contributed by atoms with E-state index >= 15 is 0 Å². The summed E-state index contributed by atoms with van der Waals surface area (Å²) in [6.07, 6.45) is 3.73. The average Bonchev–Trinajstić information content (AvgIpc) is 3.03. The third-order valence-corrected chi connectivity index (χ3v) is 4.91. The molecular weight excluding hydrogens is 328 g/mol. The molecule has 1 unspecified atom stereocenters. The van der Waals surface area contributed by atoms with Crippen molar-refractivity contribution in [1.82, 2.24) is 24.5 Å². The van der Waals surface area contributed by atoms with Crippen LogP contribution in [-0.4, -0.2) is 57.3 Å². The highest BCUT2D eigenvalue weighted by molar-refractivity contribution is 5.69. The van der Waals surface area contributed by atoms with Crippen LogP contribution in [0.2, 0.25) is 0 Å². The smallest absolute Gasteiger partial charge is 0.213 e. The van der Waals surface area contributed by atoms with Gasteiger partial charge in [-0.15, -0.1) is 0 Å². The molecule has 7 nitrogen and oxygen atoms in total. The molecule has 0 amide bonds. The zero-order chi connectivity index (χ0) is 18.1. The van der Waals surface area contributed by atoms with Crippen LogP contribution in [0.5, 0.6) is 5.88 Å². The molecule has 26 heavy (non-hydrogen) atoms. The van der Waals surface area contributed by atoms with E-state index in [9.17, 15) is 0 Å². The van der Waals surface area contributed by atoms with Gasteiger partial charge in [0.25, 0.3) is 0 Å². The van der Waals surface area contributed by atoms with Crippen LogP contribution in [0.25, 0.3) is 5.52 Å². The molecule has 1 fully saturated rings. The van der Waals surface area contributed by atoms with Gasteiger partial charge >= 0.3 is 0 Å². The van der Waals surface area contributed by atoms with Gasteiger partial charge < -0.3 is 9.64 Å². The highest BCUT2D eigenvalue weighted by Gasteiger charge is 2.26. The molecule has 0 spiro atoms. The number of rotatable bonds is 4. The lowest BCUT2D eigenvalue weighted by Gasteiger charge is -2.40. The van der Waals surface area contributed by atoms with Gasteiger partial charge in [0.2, 0.25) is 5.88 Å². The fraction of sp³-hybridized carbons (Fsp3) is 0.421. The molecule has 0 saturated carbocycles. The van der Waals surface area contributed by atoms with Crippen LogP contribution in [0.15, 0.2) is 36.7 Å². The summed E-state index contributed by atoms with van der Waals surface area (Å²) in [5.74, 6) is 1.68. The van der Waals surface area contributed by atoms with Gasteiger partial charge in [0, 0.05) is 50.7 Å². The zero-order valence-corrected chi connectivity index (χ0v) is 15.5. The van der Waals surface area contributed by atoms with E-state index in [2.05, 4.69) is 43.9 Å². The van der Waals surface area contributed by atoms with E-state index in [0.29, 0.717) is 11.9 Å². The molecule has 1 aliphatic rings. The minimum Gasteiger partial charge on any atom is -0.481 e. The average molecular weight is 352 g/mol. The summed E-state index contributed by atoms with van der Waals surface area (Å²) >= 11 is 0. The van der Waals surface area contributed by atoms with Crippen LogP contribution in [0, 0.1) is 6.92 Å². The lowest BCUT2D eigenvalue weighted by Crippen LogP contribution is -2.51. The van der Waals surface area contributed by atoms with Gasteiger partial charge in [0.05, 0.1) is 18.5 Å². The van der Waals surface area contributed by atoms with Crippen molar-refractivity contribution in [2.45, 2.75) is 26.4 Å². The highest BCUT2D eigenvalue weighted by Crippen LogP contribution is 2.23. The van der Waals surface area contributed by atoms with Gasteiger partial charge in [-0.05, 0) is 26.0 Å². The Morgan fingerprint density at radius 3 is 2.96 bits per heavy atom. The van der Waals surface area contributed by atoms with Crippen LogP contribution in [0.1, 0.15) is 18.3 Å². The fourth-order valence-electron chi connectivity index (χ4n) is 3.56. The fourth-order valence-corrected chi connectivity index (χ4v) is 3.56. The normalized spacial score (nSPS) is 18.4. The predicted octanol–water partition coefficient (Wildman–Crippen LogP) is 2.15. The van der Waals surface area contributed by atoms with Crippen molar-refractivity contribution in [2.24, 2.45) is 0 Å². The Morgan fingerprint density at radius 2 is 2.15 bits per heavy atom. The van der Waals surface area contributed by atoms with Crippen molar-refractivity contribution >= 4 is 11.3 Å². The number of hydrogen-bond donors (Lipinski definition) is 0. The first-order chi connectivity index (χ1) is 12.6. The van der Waals surface area contributed by atoms with E-state index in [-0.39, 0.29) is 0 Å². The van der Waals surface area contributed by atoms with E-state index in [4.69, 9.17) is 4.74 Å². The van der Waals surface area contributed by atoms with E-state index in [1.54, 1.807) is 7.11 Å². The second-order valence-electron chi connectivity index (χ2n) is 6.80. The summed E-state index contributed by atoms with van der Waals surface area (Å²) in [5.41, 5.74) is 3.12. The number of methoxy groups -OCH3 is 1. The maximum Gasteiger partial charge on any atom is 0.213 e. The molecule has 136 valence electrons. The number of aryl methyl sites for hydroxylation is 1. The van der Waals surface area contributed by atoms with E-state index in [1.165, 1.54) is 0 Å². The van der Waals surface area contributed by atoms with Crippen LogP contribution in [-0.2, 0) is 6.54 Å². The lowest BCUT2D eigenvalue weighted by molar-refractivity contribution is 0.178. The highest BCUT2D eigenvalue weighted by atomic mass is 16.5. The molecule has 4 rings (SSSR count). The van der Waals surface area contributed by atoms with Gasteiger partial charge in [-0.3, -0.25) is 4.90 Å². The van der Waals surface area contributed by atoms with Crippen molar-refractivity contribution < 1.29 is 4.74 Å². The molecule has 3 aromatic heterocycles. The zero-order valence-electron chi connectivity index (χ0n) is 15.5. The molecule has 7 heteroatoms. The third-order valence-electron chi connectivity index (χ3n) is 4.91. The Hall–Kier alpha value is -2.67. The number of hydrogen-bond acceptors (Lipinski definition) is 6. The summed E-state index contributed by atoms with van der Waals surface area (Å²) in [5, 5.41) is 4.49. The molecule has 0 N–H and O–H groups in total. The topological polar surface area (TPSA) is 58.8 Å². The molecule has 3 aromatic rings. The Morgan fingerprint density at radius 1 is 1.27 bits per heavy atom. The quantitative estimate of drug-likeness (QED) is 0.717. The second kappa shape index (κ2) is 6.92. The van der Waals surface area contributed by atoms with E-state index in [0.717, 1.165) is 48.9 Å². The van der Waals surface area contributed by atoms with Crippen LogP contribution < -0.4 is 9.64 Å². The van der Waals surface area contributed by atoms with Gasteiger partial charge in [-0.1, -0.05) is 6.07 Å². The molecule has 0 bridgehead atoms. The van der Waals surface area contributed by atoms with E-state index < -0.39 is 0 Å². The monoisotopic (exact) mass is 352 g/mol. The molecule has 4 heterocycles. The van der Waals surface area contributed by atoms with Crippen molar-refractivity contribution in [2.75, 3.05) is 31.6 Å². The van der Waals surface area contributed by atoms with Crippen molar-refractivity contribution in [1.29, 1.82) is 0 Å². The molecule has 1 atom stereocenters. The predicted molar refractivity (Wildman–Crippen MR) is 101 cm³/mol. The van der Waals surface area contributed by atoms with Crippen molar-refractivity contribution in [3.05, 3.63) is 48.0 Å². The molecule has 0 aliphatic carbocycles. The minimum atomic E-state index is 0.405. The number of anilines is 1. The number of pyridine rings is 1. The summed E-state index contributed by atoms with van der Waals surface area (Å²) in [7, 11) is 1.65. The van der Waals surface area contributed by atoms with Crippen molar-refractivity contribution in [3.63, 3.8) is 0 Å². The molecule has 0 aromatic carbocycles.